The first-order valence-electron chi connectivity index (χ1n) is 7.18. The lowest BCUT2D eigenvalue weighted by atomic mass is 9.92. The van der Waals surface area contributed by atoms with Gasteiger partial charge >= 0.3 is 0 Å². The molecule has 1 aliphatic carbocycles. The molecule has 2 aromatic rings. The van der Waals surface area contributed by atoms with E-state index in [2.05, 4.69) is 15.3 Å². The number of amides is 1. The number of hydrogen-bond acceptors (Lipinski definition) is 3. The number of imidazole rings is 1. The van der Waals surface area contributed by atoms with Gasteiger partial charge in [0.1, 0.15) is 10.7 Å². The Morgan fingerprint density at radius 3 is 2.57 bits per heavy atom. The number of hydrogen-bond donors (Lipinski definition) is 1. The predicted molar refractivity (Wildman–Crippen MR) is 93.7 cm³/mol. The molecular formula is C16H16Cl2N4O. The van der Waals surface area contributed by atoms with E-state index in [1.807, 2.05) is 39.0 Å². The van der Waals surface area contributed by atoms with Crippen LogP contribution < -0.4 is 5.32 Å². The number of allylic oxidation sites excluding steroid dienone is 4. The Balaban J connectivity index is 2.04. The average molecular weight is 351 g/mol. The number of carbonyl (C=O) groups excluding carboxylic acids is 1. The first kappa shape index (κ1) is 16.0. The van der Waals surface area contributed by atoms with E-state index in [1.54, 1.807) is 10.6 Å². The van der Waals surface area contributed by atoms with Crippen molar-refractivity contribution in [2.45, 2.75) is 27.2 Å². The fourth-order valence-electron chi connectivity index (χ4n) is 2.27. The molecule has 0 spiro atoms. The number of aromatic nitrogens is 3. The van der Waals surface area contributed by atoms with Crippen LogP contribution in [0, 0.1) is 5.41 Å². The molecule has 1 aliphatic rings. The molecule has 0 aromatic carbocycles. The molecule has 7 heteroatoms. The summed E-state index contributed by atoms with van der Waals surface area (Å²) in [6.07, 6.45) is 6.11. The monoisotopic (exact) mass is 350 g/mol. The Morgan fingerprint density at radius 1 is 1.30 bits per heavy atom. The summed E-state index contributed by atoms with van der Waals surface area (Å²) in [5.74, 6) is 0.311. The molecule has 2 heterocycles. The highest BCUT2D eigenvalue weighted by atomic mass is 35.5. The third kappa shape index (κ3) is 3.26. The Labute approximate surface area is 144 Å². The molecule has 120 valence electrons. The summed E-state index contributed by atoms with van der Waals surface area (Å²) in [6.45, 7) is 6.02. The SMILES string of the molecule is CC(C)(C)CC(=O)Nc1nc2cc(Cl)c(Cl)nc2n1C1=CC=C1. The lowest BCUT2D eigenvalue weighted by molar-refractivity contribution is -0.117. The fourth-order valence-corrected chi connectivity index (χ4v) is 2.55. The minimum Gasteiger partial charge on any atom is -0.296 e. The Kier molecular flexibility index (Phi) is 3.94. The molecule has 0 fully saturated rings. The maximum atomic E-state index is 12.2. The Bertz CT molecular complexity index is 859. The molecule has 0 bridgehead atoms. The number of halogens is 2. The van der Waals surface area contributed by atoms with Gasteiger partial charge in [-0.05, 0) is 23.6 Å². The van der Waals surface area contributed by atoms with Crippen LogP contribution in [0.15, 0.2) is 24.3 Å². The normalized spacial score (nSPS) is 13.9. The van der Waals surface area contributed by atoms with Gasteiger partial charge in [0.2, 0.25) is 11.9 Å². The second-order valence-electron chi connectivity index (χ2n) is 6.61. The molecule has 0 saturated carbocycles. The summed E-state index contributed by atoms with van der Waals surface area (Å²) < 4.78 is 1.76. The van der Waals surface area contributed by atoms with Gasteiger partial charge in [0.25, 0.3) is 0 Å². The lowest BCUT2D eigenvalue weighted by Crippen LogP contribution is -2.21. The summed E-state index contributed by atoms with van der Waals surface area (Å²) in [5.41, 5.74) is 1.90. The van der Waals surface area contributed by atoms with Crippen LogP contribution in [0.25, 0.3) is 16.9 Å². The molecule has 2 aromatic heterocycles. The number of nitrogens with zero attached hydrogens (tertiary/aromatic N) is 3. The van der Waals surface area contributed by atoms with Crippen LogP contribution in [0.1, 0.15) is 27.2 Å². The van der Waals surface area contributed by atoms with Crippen molar-refractivity contribution < 1.29 is 4.79 Å². The van der Waals surface area contributed by atoms with E-state index in [4.69, 9.17) is 23.2 Å². The van der Waals surface area contributed by atoms with Gasteiger partial charge in [0.15, 0.2) is 5.65 Å². The first-order chi connectivity index (χ1) is 10.7. The van der Waals surface area contributed by atoms with Crippen LogP contribution in [0.5, 0.6) is 0 Å². The van der Waals surface area contributed by atoms with Crippen molar-refractivity contribution in [2.75, 3.05) is 5.32 Å². The van der Waals surface area contributed by atoms with E-state index in [9.17, 15) is 4.79 Å². The van der Waals surface area contributed by atoms with Crippen LogP contribution in [0.3, 0.4) is 0 Å². The highest BCUT2D eigenvalue weighted by Gasteiger charge is 2.21. The van der Waals surface area contributed by atoms with E-state index in [0.717, 1.165) is 5.70 Å². The Hall–Kier alpha value is -1.85. The molecule has 0 unspecified atom stereocenters. The molecule has 23 heavy (non-hydrogen) atoms. The van der Waals surface area contributed by atoms with Gasteiger partial charge in [0, 0.05) is 6.42 Å². The minimum absolute atomic E-state index is 0.102. The maximum absolute atomic E-state index is 12.2. The third-order valence-electron chi connectivity index (χ3n) is 3.28. The second kappa shape index (κ2) is 5.65. The van der Waals surface area contributed by atoms with E-state index in [-0.39, 0.29) is 16.5 Å². The summed E-state index contributed by atoms with van der Waals surface area (Å²) in [5, 5.41) is 3.39. The van der Waals surface area contributed by atoms with Crippen molar-refractivity contribution in [1.29, 1.82) is 0 Å². The quantitative estimate of drug-likeness (QED) is 0.827. The number of carbonyl (C=O) groups is 1. The molecule has 1 amide bonds. The lowest BCUT2D eigenvalue weighted by Gasteiger charge is -2.18. The van der Waals surface area contributed by atoms with Crippen LogP contribution in [-0.2, 0) is 4.79 Å². The smallest absolute Gasteiger partial charge is 0.227 e. The molecule has 0 aliphatic heterocycles. The van der Waals surface area contributed by atoms with Crippen LogP contribution in [-0.4, -0.2) is 20.4 Å². The summed E-state index contributed by atoms with van der Waals surface area (Å²) >= 11 is 12.0. The van der Waals surface area contributed by atoms with Gasteiger partial charge in [-0.25, -0.2) is 9.97 Å². The van der Waals surface area contributed by atoms with Crippen molar-refractivity contribution in [3.05, 3.63) is 34.5 Å². The molecule has 5 nitrogen and oxygen atoms in total. The van der Waals surface area contributed by atoms with E-state index >= 15 is 0 Å². The highest BCUT2D eigenvalue weighted by Crippen LogP contribution is 2.31. The van der Waals surface area contributed by atoms with Gasteiger partial charge in [-0.15, -0.1) is 0 Å². The van der Waals surface area contributed by atoms with Gasteiger partial charge in [-0.3, -0.25) is 14.7 Å². The van der Waals surface area contributed by atoms with Gasteiger partial charge in [0.05, 0.1) is 10.7 Å². The fraction of sp³-hybridized carbons (Fsp3) is 0.312. The number of pyridine rings is 1. The van der Waals surface area contributed by atoms with Crippen molar-refractivity contribution in [1.82, 2.24) is 14.5 Å². The van der Waals surface area contributed by atoms with Gasteiger partial charge in [-0.2, -0.15) is 0 Å². The van der Waals surface area contributed by atoms with Crippen molar-refractivity contribution >= 4 is 51.9 Å². The minimum atomic E-state index is -0.110. The third-order valence-corrected chi connectivity index (χ3v) is 3.95. The molecule has 3 rings (SSSR count). The molecular weight excluding hydrogens is 335 g/mol. The van der Waals surface area contributed by atoms with Crippen LogP contribution in [0.4, 0.5) is 5.95 Å². The Morgan fingerprint density at radius 2 is 2.00 bits per heavy atom. The molecule has 1 N–H and O–H groups in total. The molecule has 0 atom stereocenters. The largest absolute Gasteiger partial charge is 0.296 e. The second-order valence-corrected chi connectivity index (χ2v) is 7.38. The van der Waals surface area contributed by atoms with Crippen molar-refractivity contribution in [2.24, 2.45) is 5.41 Å². The number of fused-ring (bicyclic) bond motifs is 1. The zero-order valence-corrected chi connectivity index (χ0v) is 14.5. The summed E-state index contributed by atoms with van der Waals surface area (Å²) in [4.78, 5) is 21.0. The van der Waals surface area contributed by atoms with Gasteiger partial charge in [-0.1, -0.05) is 50.0 Å². The topological polar surface area (TPSA) is 59.8 Å². The molecule has 0 saturated heterocycles. The highest BCUT2D eigenvalue weighted by molar-refractivity contribution is 6.41. The van der Waals surface area contributed by atoms with E-state index < -0.39 is 0 Å². The standard InChI is InChI=1S/C16H16Cl2N4O/c1-16(2,3)8-12(23)20-15-19-11-7-10(17)13(18)21-14(11)22(15)9-5-4-6-9/h4-7H,8H2,1-3H3,(H,19,20,23). The van der Waals surface area contributed by atoms with Crippen LogP contribution in [0.2, 0.25) is 10.2 Å². The van der Waals surface area contributed by atoms with Crippen molar-refractivity contribution in [3.63, 3.8) is 0 Å². The maximum Gasteiger partial charge on any atom is 0.227 e. The number of nitrogens with one attached hydrogen (secondary N) is 1. The van der Waals surface area contributed by atoms with Crippen molar-refractivity contribution in [3.8, 4) is 0 Å². The summed E-state index contributed by atoms with van der Waals surface area (Å²) in [6, 6.07) is 1.64. The summed E-state index contributed by atoms with van der Waals surface area (Å²) in [7, 11) is 0. The number of rotatable bonds is 3. The van der Waals surface area contributed by atoms with E-state index in [0.29, 0.717) is 28.6 Å². The average Bonchev–Trinajstić information content (AvgIpc) is 2.64. The first-order valence-corrected chi connectivity index (χ1v) is 7.93. The molecule has 0 radical (unpaired) electrons. The van der Waals surface area contributed by atoms with E-state index in [1.165, 1.54) is 0 Å². The predicted octanol–water partition coefficient (Wildman–Crippen LogP) is 4.52. The zero-order valence-electron chi connectivity index (χ0n) is 13.0. The van der Waals surface area contributed by atoms with Gasteiger partial charge < -0.3 is 0 Å². The number of anilines is 1. The van der Waals surface area contributed by atoms with Crippen LogP contribution >= 0.6 is 23.2 Å². The zero-order chi connectivity index (χ0) is 16.8.